The van der Waals surface area contributed by atoms with E-state index in [0.29, 0.717) is 5.92 Å². The first-order valence-corrected chi connectivity index (χ1v) is 9.40. The molecule has 3 aliphatic rings. The largest absolute Gasteiger partial charge is 0.340 e. The fraction of sp³-hybridized carbons (Fsp3) is 0.455. The normalized spacial score (nSPS) is 33.8. The molecular formula is C22H24O3. The van der Waals surface area contributed by atoms with E-state index >= 15 is 0 Å². The number of hydrogen-bond donors (Lipinski definition) is 0. The molecule has 0 bridgehead atoms. The molecule has 3 heteroatoms. The zero-order valence-electron chi connectivity index (χ0n) is 14.6. The lowest BCUT2D eigenvalue weighted by Gasteiger charge is -2.35. The maximum atomic E-state index is 6.57. The molecule has 2 aliphatic carbocycles. The molecule has 1 saturated heterocycles. The maximum absolute atomic E-state index is 6.57. The van der Waals surface area contributed by atoms with Gasteiger partial charge in [0, 0.05) is 18.8 Å². The SMILES string of the molecule is CC(c1ccccc1)C1[C@@H]2OC3(CCCC3)OO[C@]12c1ccccc1. The minimum absolute atomic E-state index is 0.0527. The Labute approximate surface area is 148 Å². The van der Waals surface area contributed by atoms with Crippen LogP contribution in [0.15, 0.2) is 60.7 Å². The van der Waals surface area contributed by atoms with Crippen molar-refractivity contribution in [3.05, 3.63) is 71.8 Å². The summed E-state index contributed by atoms with van der Waals surface area (Å²) in [5, 5.41) is 0. The van der Waals surface area contributed by atoms with E-state index in [0.717, 1.165) is 31.2 Å². The molecule has 4 atom stereocenters. The van der Waals surface area contributed by atoms with Gasteiger partial charge in [-0.1, -0.05) is 67.6 Å². The first-order valence-electron chi connectivity index (χ1n) is 9.40. The van der Waals surface area contributed by atoms with E-state index in [2.05, 4.69) is 61.5 Å². The van der Waals surface area contributed by atoms with Crippen molar-refractivity contribution in [2.75, 3.05) is 0 Å². The Morgan fingerprint density at radius 1 is 0.880 bits per heavy atom. The van der Waals surface area contributed by atoms with Crippen molar-refractivity contribution in [2.45, 2.75) is 56.0 Å². The van der Waals surface area contributed by atoms with Gasteiger partial charge in [0.2, 0.25) is 5.79 Å². The molecule has 130 valence electrons. The first-order chi connectivity index (χ1) is 12.3. The molecule has 0 radical (unpaired) electrons. The Hall–Kier alpha value is -1.68. The van der Waals surface area contributed by atoms with E-state index in [4.69, 9.17) is 14.5 Å². The summed E-state index contributed by atoms with van der Waals surface area (Å²) in [6.45, 7) is 2.27. The second-order valence-corrected chi connectivity index (χ2v) is 7.71. The third-order valence-corrected chi connectivity index (χ3v) is 6.26. The van der Waals surface area contributed by atoms with Crippen LogP contribution in [0.25, 0.3) is 0 Å². The second-order valence-electron chi connectivity index (χ2n) is 7.71. The van der Waals surface area contributed by atoms with E-state index in [1.165, 1.54) is 5.56 Å². The van der Waals surface area contributed by atoms with Crippen molar-refractivity contribution in [3.8, 4) is 0 Å². The number of rotatable bonds is 3. The standard InChI is InChI=1S/C22H24O3/c1-16(17-10-4-2-5-11-17)19-20-22(19,18-12-6-3-7-13-18)25-24-21(23-20)14-8-9-15-21/h2-7,10-13,16,19-20H,8-9,14-15H2,1H3/t16?,19?,20-,22+/m0/s1. The van der Waals surface area contributed by atoms with E-state index < -0.39 is 11.4 Å². The van der Waals surface area contributed by atoms with Crippen molar-refractivity contribution in [1.82, 2.24) is 0 Å². The molecule has 2 saturated carbocycles. The zero-order valence-corrected chi connectivity index (χ0v) is 14.6. The van der Waals surface area contributed by atoms with Crippen LogP contribution < -0.4 is 0 Å². The van der Waals surface area contributed by atoms with E-state index in [9.17, 15) is 0 Å². The van der Waals surface area contributed by atoms with E-state index in [1.807, 2.05) is 6.07 Å². The highest BCUT2D eigenvalue weighted by molar-refractivity contribution is 5.39. The Balaban J connectivity index is 1.51. The van der Waals surface area contributed by atoms with Gasteiger partial charge in [-0.25, -0.2) is 9.78 Å². The fourth-order valence-electron chi connectivity index (χ4n) is 4.83. The van der Waals surface area contributed by atoms with Gasteiger partial charge >= 0.3 is 0 Å². The van der Waals surface area contributed by atoms with Gasteiger partial charge in [0.25, 0.3) is 0 Å². The van der Waals surface area contributed by atoms with Crippen LogP contribution in [0.4, 0.5) is 0 Å². The van der Waals surface area contributed by atoms with Crippen molar-refractivity contribution >= 4 is 0 Å². The topological polar surface area (TPSA) is 27.7 Å². The highest BCUT2D eigenvalue weighted by Gasteiger charge is 2.76. The molecule has 3 nitrogen and oxygen atoms in total. The maximum Gasteiger partial charge on any atom is 0.202 e. The smallest absolute Gasteiger partial charge is 0.202 e. The van der Waals surface area contributed by atoms with Gasteiger partial charge < -0.3 is 4.74 Å². The molecule has 1 spiro atoms. The number of ether oxygens (including phenoxy) is 1. The van der Waals surface area contributed by atoms with Crippen molar-refractivity contribution in [3.63, 3.8) is 0 Å². The summed E-state index contributed by atoms with van der Waals surface area (Å²) in [5.74, 6) is 0.0810. The van der Waals surface area contributed by atoms with Crippen LogP contribution in [0.2, 0.25) is 0 Å². The lowest BCUT2D eigenvalue weighted by molar-refractivity contribution is -0.491. The third kappa shape index (κ3) is 2.30. The third-order valence-electron chi connectivity index (χ3n) is 6.26. The predicted molar refractivity (Wildman–Crippen MR) is 94.7 cm³/mol. The van der Waals surface area contributed by atoms with Crippen molar-refractivity contribution in [1.29, 1.82) is 0 Å². The van der Waals surface area contributed by atoms with E-state index in [-0.39, 0.29) is 12.0 Å². The molecular weight excluding hydrogens is 312 g/mol. The van der Waals surface area contributed by atoms with Crippen LogP contribution in [0.1, 0.15) is 49.7 Å². The summed E-state index contributed by atoms with van der Waals surface area (Å²) in [4.78, 5) is 12.1. The molecule has 3 fully saturated rings. The molecule has 5 rings (SSSR count). The average molecular weight is 336 g/mol. The summed E-state index contributed by atoms with van der Waals surface area (Å²) in [6, 6.07) is 21.1. The lowest BCUT2D eigenvalue weighted by Crippen LogP contribution is -2.42. The Morgan fingerprint density at radius 2 is 1.52 bits per heavy atom. The van der Waals surface area contributed by atoms with Gasteiger partial charge in [-0.15, -0.1) is 0 Å². The van der Waals surface area contributed by atoms with Gasteiger partial charge in [0.05, 0.1) is 0 Å². The average Bonchev–Trinajstić information content (AvgIpc) is 3.12. The minimum atomic E-state index is -0.520. The number of benzene rings is 2. The fourth-order valence-corrected chi connectivity index (χ4v) is 4.83. The monoisotopic (exact) mass is 336 g/mol. The van der Waals surface area contributed by atoms with Crippen molar-refractivity contribution < 1.29 is 14.5 Å². The summed E-state index contributed by atoms with van der Waals surface area (Å²) in [7, 11) is 0. The van der Waals surface area contributed by atoms with Crippen LogP contribution >= 0.6 is 0 Å². The Bertz CT molecular complexity index is 738. The summed E-state index contributed by atoms with van der Waals surface area (Å²) in [5.41, 5.74) is 2.00. The molecule has 25 heavy (non-hydrogen) atoms. The van der Waals surface area contributed by atoms with Crippen LogP contribution in [0.5, 0.6) is 0 Å². The quantitative estimate of drug-likeness (QED) is 0.744. The molecule has 1 heterocycles. The van der Waals surface area contributed by atoms with Crippen LogP contribution in [-0.4, -0.2) is 11.9 Å². The predicted octanol–water partition coefficient (Wildman–Crippen LogP) is 4.93. The zero-order chi connectivity index (χ0) is 16.9. The Morgan fingerprint density at radius 3 is 2.20 bits per heavy atom. The molecule has 2 aromatic rings. The van der Waals surface area contributed by atoms with Crippen LogP contribution in [-0.2, 0) is 20.1 Å². The summed E-state index contributed by atoms with van der Waals surface area (Å²) >= 11 is 0. The van der Waals surface area contributed by atoms with Crippen LogP contribution in [0.3, 0.4) is 0 Å². The summed E-state index contributed by atoms with van der Waals surface area (Å²) in [6.07, 6.45) is 4.21. The van der Waals surface area contributed by atoms with Gasteiger partial charge in [-0.3, -0.25) is 0 Å². The van der Waals surface area contributed by atoms with Gasteiger partial charge in [0.15, 0.2) is 5.60 Å². The number of fused-ring (bicyclic) bond motifs is 1. The summed E-state index contributed by atoms with van der Waals surface area (Å²) < 4.78 is 6.57. The van der Waals surface area contributed by atoms with Crippen molar-refractivity contribution in [2.24, 2.45) is 5.92 Å². The number of hydrogen-bond acceptors (Lipinski definition) is 3. The van der Waals surface area contributed by atoms with Gasteiger partial charge in [-0.2, -0.15) is 0 Å². The minimum Gasteiger partial charge on any atom is -0.340 e. The second kappa shape index (κ2) is 5.66. The molecule has 2 unspecified atom stereocenters. The van der Waals surface area contributed by atoms with Crippen LogP contribution in [0, 0.1) is 5.92 Å². The molecule has 0 N–H and O–H groups in total. The molecule has 1 aliphatic heterocycles. The highest BCUT2D eigenvalue weighted by Crippen LogP contribution is 2.67. The lowest BCUT2D eigenvalue weighted by atomic mass is 9.92. The van der Waals surface area contributed by atoms with Gasteiger partial charge in [0.1, 0.15) is 6.10 Å². The van der Waals surface area contributed by atoms with Gasteiger partial charge in [-0.05, 0) is 29.9 Å². The molecule has 0 amide bonds. The molecule has 2 aromatic carbocycles. The Kier molecular flexibility index (Phi) is 3.53. The highest BCUT2D eigenvalue weighted by atomic mass is 17.3. The molecule has 0 aromatic heterocycles. The first kappa shape index (κ1) is 15.6. The van der Waals surface area contributed by atoms with E-state index in [1.54, 1.807) is 0 Å².